The van der Waals surface area contributed by atoms with Gasteiger partial charge < -0.3 is 109 Å². The Bertz CT molecular complexity index is 5580. The van der Waals surface area contributed by atoms with Crippen LogP contribution in [0, 0.1) is 47.8 Å². The lowest BCUT2D eigenvalue weighted by atomic mass is 10.1. The maximum atomic E-state index is 13.5. The molecule has 6 aliphatic rings. The van der Waals surface area contributed by atoms with E-state index in [-0.39, 0.29) is 135 Å². The number of hydrogen-bond acceptors (Lipinski definition) is 31. The number of nitrogens with zero attached hydrogens (tertiary/aromatic N) is 15. The standard InChI is InChI=1S/C65H86N36O14/c1-25-15-96(63(107)93-55(25)104)40-4-28(34(110-40)10-74-59(70)89-30-6-43(100-23-86-47-50(67)80-20-83-53(47)100)113-37(30)13-77-61(72)92-32-8-41(115-39(32)18-102)97-16-26(2)56(105)94-64(97)108)88-58(69)75-11-35-29(5-42(111-35)99-22-85-46-49(66)79-19-82-52(46)99)90-60(71)76-12-36-31(7-44(112-36)101-24-87-48-51(68)81-21-84-54(48)101)91-62(73)78-14-38-33(103)9-45(114-38)98-17-27(3)57(106)95-65(98)109/h15-17,19-24,28-45,102-103H,4-14,18H2,1-3H3,(H2,66,79,82)(H2,67,80,83)(H2,68,81,84)(H3,69,75,88)(H3,70,74,89)(H3,71,76,90)(H3,72,77,92)(H3,73,78,91)(H,93,104,107)(H,94,105,108)(H,95,106,109)/t28-,29-,30-,31-,32-,33-,34+,35+,36+,37+,38+,39+,40+,41+,42+,43+,44+,45+/m0/s1. The molecule has 26 N–H and O–H groups in total. The normalized spacial score (nSPS) is 27.1. The SMILES string of the molecule is Cc1cn([C@H]2C[C@H](NC(=N)NC[C@H]3O[C@@H](n4cnc5c(N)ncnc54)C[C@@H]3NC(=N)NC[C@H]3O[C@@H](n4cc(C)c(=O)[nH]c4=O)C[C@@H]3NC(=N)NC[C@H]3O[C@@H](n4cnc5c(N)ncnc54)C[C@@H]3NC(=N)NC[C@H]3O[C@@H](n4cnc5c(N)ncnc54)C[C@@H]3NC(=N)NC[C@H]3O[C@@H](n4cc(C)c(=O)[nH]c4=O)C[C@@H]3O)[C@@H](CO)O2)c(=O)[nH]c1=O. The van der Waals surface area contributed by atoms with E-state index in [1.165, 1.54) is 77.2 Å². The maximum Gasteiger partial charge on any atom is 0.330 e. The van der Waals surface area contributed by atoms with Gasteiger partial charge in [-0.05, 0) is 20.8 Å². The van der Waals surface area contributed by atoms with Crippen LogP contribution in [0.3, 0.4) is 0 Å². The molecule has 6 saturated heterocycles. The number of aliphatic hydroxyl groups excluding tert-OH is 2. The third kappa shape index (κ3) is 16.3. The number of ether oxygens (including phenoxy) is 6. The Labute approximate surface area is 646 Å². The summed E-state index contributed by atoms with van der Waals surface area (Å²) >= 11 is 0. The molecule has 0 aliphatic carbocycles. The zero-order chi connectivity index (χ0) is 80.8. The largest absolute Gasteiger partial charge is 0.394 e. The number of fused-ring (bicyclic) bond motifs is 3. The van der Waals surface area contributed by atoms with Crippen LogP contribution in [0.25, 0.3) is 33.5 Å². The average Bonchev–Trinajstić information content (AvgIpc) is 1.65. The zero-order valence-corrected chi connectivity index (χ0v) is 61.8. The Kier molecular flexibility index (Phi) is 21.8. The summed E-state index contributed by atoms with van der Waals surface area (Å²) in [5, 5.41) is 98.7. The van der Waals surface area contributed by atoms with Crippen molar-refractivity contribution >= 4 is 80.7 Å². The van der Waals surface area contributed by atoms with Crippen LogP contribution in [-0.4, -0.2) is 239 Å². The Hall–Kier alpha value is -12.9. The molecule has 50 heteroatoms. The molecule has 6 aliphatic heterocycles. The molecular formula is C65H86N36O14. The summed E-state index contributed by atoms with van der Waals surface area (Å²) < 4.78 is 47.3. The van der Waals surface area contributed by atoms with Crippen molar-refractivity contribution in [3.63, 3.8) is 0 Å². The molecule has 0 aromatic carbocycles. The highest BCUT2D eigenvalue weighted by atomic mass is 16.5. The predicted octanol–water partition coefficient (Wildman–Crippen LogP) is -6.68. The number of nitrogen functional groups attached to an aromatic ring is 3. The molecule has 115 heavy (non-hydrogen) atoms. The van der Waals surface area contributed by atoms with Gasteiger partial charge in [0.2, 0.25) is 0 Å². The van der Waals surface area contributed by atoms with Crippen molar-refractivity contribution in [2.24, 2.45) is 0 Å². The van der Waals surface area contributed by atoms with Crippen molar-refractivity contribution in [1.29, 1.82) is 27.0 Å². The number of aliphatic hydroxyl groups is 2. The van der Waals surface area contributed by atoms with Crippen molar-refractivity contribution in [2.75, 3.05) is 56.5 Å². The first-order valence-corrected chi connectivity index (χ1v) is 36.7. The van der Waals surface area contributed by atoms with Crippen LogP contribution >= 0.6 is 0 Å². The monoisotopic (exact) mass is 1590 g/mol. The Morgan fingerprint density at radius 2 is 0.643 bits per heavy atom. The highest BCUT2D eigenvalue weighted by molar-refractivity contribution is 5.84. The minimum Gasteiger partial charge on any atom is -0.394 e. The summed E-state index contributed by atoms with van der Waals surface area (Å²) in [5.74, 6) is -0.455. The van der Waals surface area contributed by atoms with E-state index >= 15 is 0 Å². The first-order valence-electron chi connectivity index (χ1n) is 36.7. The van der Waals surface area contributed by atoms with Gasteiger partial charge in [0.1, 0.15) is 85.1 Å². The third-order valence-electron chi connectivity index (χ3n) is 21.1. The van der Waals surface area contributed by atoms with Crippen LogP contribution in [0.2, 0.25) is 0 Å². The molecule has 610 valence electrons. The van der Waals surface area contributed by atoms with Crippen molar-refractivity contribution in [3.8, 4) is 0 Å². The molecule has 0 spiro atoms. The highest BCUT2D eigenvalue weighted by Gasteiger charge is 2.45. The summed E-state index contributed by atoms with van der Waals surface area (Å²) in [6, 6.07) is -3.36. The van der Waals surface area contributed by atoms with Crippen molar-refractivity contribution in [2.45, 2.75) is 170 Å². The van der Waals surface area contributed by atoms with Crippen molar-refractivity contribution in [1.82, 2.24) is 140 Å². The molecule has 0 amide bonds. The van der Waals surface area contributed by atoms with Crippen LogP contribution in [0.15, 0.2) is 85.3 Å². The quantitative estimate of drug-likeness (QED) is 0.0222. The van der Waals surface area contributed by atoms with Gasteiger partial charge in [-0.1, -0.05) is 0 Å². The van der Waals surface area contributed by atoms with E-state index < -0.39 is 151 Å². The Balaban J connectivity index is 0.609. The minimum absolute atomic E-state index is 0.0100. The number of aromatic nitrogens is 18. The van der Waals surface area contributed by atoms with Gasteiger partial charge in [-0.2, -0.15) is 0 Å². The fourth-order valence-electron chi connectivity index (χ4n) is 15.1. The van der Waals surface area contributed by atoms with Crippen LogP contribution in [0.5, 0.6) is 0 Å². The molecule has 18 atom stereocenters. The summed E-state index contributed by atoms with van der Waals surface area (Å²) in [6.07, 6.45) is 2.58. The Morgan fingerprint density at radius 1 is 0.391 bits per heavy atom. The lowest BCUT2D eigenvalue weighted by molar-refractivity contribution is -0.0282. The lowest BCUT2D eigenvalue weighted by Crippen LogP contribution is -2.55. The average molecular weight is 1600 g/mol. The van der Waals surface area contributed by atoms with Crippen LogP contribution in [0.1, 0.15) is 92.6 Å². The molecule has 50 nitrogen and oxygen atoms in total. The lowest BCUT2D eigenvalue weighted by Gasteiger charge is -2.26. The summed E-state index contributed by atoms with van der Waals surface area (Å²) in [5.41, 5.74) is 17.7. The molecule has 0 saturated carbocycles. The van der Waals surface area contributed by atoms with E-state index in [2.05, 4.69) is 113 Å². The maximum absolute atomic E-state index is 13.5. The van der Waals surface area contributed by atoms with E-state index in [0.717, 1.165) is 0 Å². The number of hydrogen-bond donors (Lipinski definition) is 23. The summed E-state index contributed by atoms with van der Waals surface area (Å²) in [4.78, 5) is 121. The van der Waals surface area contributed by atoms with Gasteiger partial charge in [-0.15, -0.1) is 0 Å². The molecule has 6 fully saturated rings. The number of nitrogens with two attached hydrogens (primary N) is 3. The van der Waals surface area contributed by atoms with E-state index in [1.807, 2.05) is 0 Å². The van der Waals surface area contributed by atoms with E-state index in [4.69, 9.17) is 56.4 Å². The first kappa shape index (κ1) is 77.4. The number of aromatic amines is 3. The van der Waals surface area contributed by atoms with Crippen molar-refractivity contribution < 1.29 is 38.6 Å². The number of nitrogens with one attached hydrogen (secondary N) is 18. The molecule has 15 rings (SSSR count). The second-order valence-corrected chi connectivity index (χ2v) is 28.7. The van der Waals surface area contributed by atoms with Crippen LogP contribution in [-0.2, 0) is 28.4 Å². The second kappa shape index (κ2) is 32.3. The van der Waals surface area contributed by atoms with Crippen molar-refractivity contribution in [3.05, 3.63) is 136 Å². The van der Waals surface area contributed by atoms with Gasteiger partial charge in [0.05, 0.1) is 86.3 Å². The van der Waals surface area contributed by atoms with E-state index in [1.54, 1.807) is 27.5 Å². The number of guanidine groups is 5. The van der Waals surface area contributed by atoms with Crippen LogP contribution in [0.4, 0.5) is 17.5 Å². The number of imidazole rings is 3. The molecule has 15 heterocycles. The summed E-state index contributed by atoms with van der Waals surface area (Å²) in [6.45, 7) is 3.95. The molecule has 9 aromatic rings. The van der Waals surface area contributed by atoms with Gasteiger partial charge in [0.15, 0.2) is 64.2 Å². The number of anilines is 3. The number of H-pyrrole nitrogens is 3. The number of rotatable bonds is 22. The van der Waals surface area contributed by atoms with Gasteiger partial charge in [0.25, 0.3) is 16.7 Å². The number of aryl methyl sites for hydroxylation is 3. The third-order valence-corrected chi connectivity index (χ3v) is 21.1. The molecule has 0 radical (unpaired) electrons. The van der Waals surface area contributed by atoms with Gasteiger partial charge >= 0.3 is 17.1 Å². The van der Waals surface area contributed by atoms with Gasteiger partial charge in [0, 0.05) is 107 Å². The van der Waals surface area contributed by atoms with Gasteiger partial charge in [-0.3, -0.25) is 83.8 Å². The summed E-state index contributed by atoms with van der Waals surface area (Å²) in [7, 11) is 0. The molecule has 9 aromatic heterocycles. The fourth-order valence-corrected chi connectivity index (χ4v) is 15.1. The molecule has 0 unspecified atom stereocenters. The molecule has 0 bridgehead atoms. The second-order valence-electron chi connectivity index (χ2n) is 28.7. The van der Waals surface area contributed by atoms with E-state index in [0.29, 0.717) is 33.5 Å². The highest BCUT2D eigenvalue weighted by Crippen LogP contribution is 2.37. The smallest absolute Gasteiger partial charge is 0.330 e. The zero-order valence-electron chi connectivity index (χ0n) is 61.8. The van der Waals surface area contributed by atoms with Crippen LogP contribution < -0.4 is 104 Å². The predicted molar refractivity (Wildman–Crippen MR) is 405 cm³/mol. The van der Waals surface area contributed by atoms with Gasteiger partial charge in [-0.25, -0.2) is 59.2 Å². The van der Waals surface area contributed by atoms with E-state index in [9.17, 15) is 55.2 Å². The fraction of sp³-hybridized carbons (Fsp3) is 0.508. The topological polar surface area (TPSA) is 709 Å². The first-order chi connectivity index (χ1) is 55.3. The minimum atomic E-state index is -1.04. The Morgan fingerprint density at radius 3 is 0.939 bits per heavy atom. The molecular weight excluding hydrogens is 1510 g/mol.